The van der Waals surface area contributed by atoms with E-state index >= 15 is 0 Å². The monoisotopic (exact) mass is 421 g/mol. The molecule has 6 heteroatoms. The molecular weight excluding hydrogens is 401 g/mol. The molecule has 0 radical (unpaired) electrons. The predicted molar refractivity (Wildman–Crippen MR) is 90.9 cm³/mol. The van der Waals surface area contributed by atoms with Crippen molar-refractivity contribution in [3.63, 3.8) is 0 Å². The molecule has 4 nitrogen and oxygen atoms in total. The van der Waals surface area contributed by atoms with Gasteiger partial charge >= 0.3 is 0 Å². The van der Waals surface area contributed by atoms with Crippen molar-refractivity contribution in [1.29, 1.82) is 0 Å². The van der Waals surface area contributed by atoms with Crippen LogP contribution in [0.3, 0.4) is 0 Å². The molecule has 0 spiro atoms. The maximum Gasteiger partial charge on any atom is 0.254 e. The van der Waals surface area contributed by atoms with Gasteiger partial charge in [-0.1, -0.05) is 0 Å². The quantitative estimate of drug-likeness (QED) is 0.686. The molecule has 3 rings (SSSR count). The van der Waals surface area contributed by atoms with E-state index in [0.717, 1.165) is 47.3 Å². The number of rotatable bonds is 5. The third kappa shape index (κ3) is 4.18. The first-order chi connectivity index (χ1) is 10.2. The molecule has 1 amide bonds. The van der Waals surface area contributed by atoms with Gasteiger partial charge in [0.05, 0.1) is 20.7 Å². The van der Waals surface area contributed by atoms with Crippen LogP contribution in [0.1, 0.15) is 36.0 Å². The van der Waals surface area contributed by atoms with Crippen molar-refractivity contribution in [1.82, 2.24) is 4.90 Å². The number of carbonyl (C=O) groups excluding carboxylic acids is 1. The van der Waals surface area contributed by atoms with Crippen LogP contribution < -0.4 is 0 Å². The Morgan fingerprint density at radius 1 is 1.24 bits per heavy atom. The van der Waals surface area contributed by atoms with Crippen LogP contribution in [-0.2, 0) is 9.47 Å². The lowest BCUT2D eigenvalue weighted by Gasteiger charge is -2.27. The van der Waals surface area contributed by atoms with Crippen LogP contribution in [-0.4, -0.2) is 49.3 Å². The third-order valence-corrected chi connectivity index (χ3v) is 5.79. The summed E-state index contributed by atoms with van der Waals surface area (Å²) < 4.78 is 12.6. The fourth-order valence-corrected chi connectivity index (χ4v) is 4.23. The molecule has 2 unspecified atom stereocenters. The minimum absolute atomic E-state index is 0.111. The minimum Gasteiger partial charge on any atom is -0.376 e. The molecule has 2 fully saturated rings. The van der Waals surface area contributed by atoms with Gasteiger partial charge in [-0.25, -0.2) is 0 Å². The van der Waals surface area contributed by atoms with Gasteiger partial charge in [0, 0.05) is 31.7 Å². The molecule has 1 aromatic heterocycles. The van der Waals surface area contributed by atoms with Crippen LogP contribution in [0.25, 0.3) is 0 Å². The first kappa shape index (κ1) is 15.7. The van der Waals surface area contributed by atoms with Crippen LogP contribution in [0.2, 0.25) is 0 Å². The van der Waals surface area contributed by atoms with Crippen molar-refractivity contribution in [3.8, 4) is 0 Å². The Balaban J connectivity index is 1.68. The highest BCUT2D eigenvalue weighted by Crippen LogP contribution is 2.22. The van der Waals surface area contributed by atoms with Crippen molar-refractivity contribution in [2.24, 2.45) is 0 Å². The fraction of sp³-hybridized carbons (Fsp3) is 0.667. The molecule has 2 aliphatic rings. The zero-order valence-electron chi connectivity index (χ0n) is 11.9. The number of nitrogens with zero attached hydrogens (tertiary/aromatic N) is 1. The average molecular weight is 421 g/mol. The molecule has 21 heavy (non-hydrogen) atoms. The van der Waals surface area contributed by atoms with Gasteiger partial charge in [0.1, 0.15) is 0 Å². The summed E-state index contributed by atoms with van der Waals surface area (Å²) in [4.78, 5) is 14.7. The van der Waals surface area contributed by atoms with Gasteiger partial charge in [-0.05, 0) is 54.3 Å². The molecule has 1 aromatic rings. The van der Waals surface area contributed by atoms with E-state index in [-0.39, 0.29) is 18.1 Å². The number of thiophene rings is 1. The summed E-state index contributed by atoms with van der Waals surface area (Å²) in [5.41, 5.74) is 0.792. The van der Waals surface area contributed by atoms with Crippen molar-refractivity contribution >= 4 is 39.8 Å². The molecule has 3 heterocycles. The summed E-state index contributed by atoms with van der Waals surface area (Å²) in [6, 6.07) is 1.96. The first-order valence-electron chi connectivity index (χ1n) is 7.49. The lowest BCUT2D eigenvalue weighted by atomic mass is 10.1. The van der Waals surface area contributed by atoms with E-state index in [0.29, 0.717) is 13.1 Å². The maximum absolute atomic E-state index is 12.8. The molecule has 2 saturated heterocycles. The molecule has 0 aliphatic carbocycles. The maximum atomic E-state index is 12.8. The van der Waals surface area contributed by atoms with E-state index in [9.17, 15) is 4.79 Å². The third-order valence-electron chi connectivity index (χ3n) is 4.00. The second-order valence-electron chi connectivity index (χ2n) is 5.62. The van der Waals surface area contributed by atoms with E-state index in [1.807, 2.05) is 16.3 Å². The number of hydrogen-bond donors (Lipinski definition) is 0. The highest BCUT2D eigenvalue weighted by atomic mass is 127. The Bertz CT molecular complexity index is 463. The van der Waals surface area contributed by atoms with E-state index in [2.05, 4.69) is 22.6 Å². The van der Waals surface area contributed by atoms with Gasteiger partial charge < -0.3 is 14.4 Å². The molecule has 2 aliphatic heterocycles. The molecule has 0 aromatic carbocycles. The molecule has 0 N–H and O–H groups in total. The standard InChI is InChI=1S/C15H20INO3S/c16-14-7-11(10-21-14)15(18)17(8-12-3-1-5-19-12)9-13-4-2-6-20-13/h7,10,12-13H,1-6,8-9H2. The fourth-order valence-electron chi connectivity index (χ4n) is 2.91. The van der Waals surface area contributed by atoms with Crippen molar-refractivity contribution in [2.75, 3.05) is 26.3 Å². The van der Waals surface area contributed by atoms with Crippen LogP contribution in [0.5, 0.6) is 0 Å². The molecule has 116 valence electrons. The van der Waals surface area contributed by atoms with E-state index in [1.165, 1.54) is 0 Å². The number of carbonyl (C=O) groups is 1. The first-order valence-corrected chi connectivity index (χ1v) is 9.45. The van der Waals surface area contributed by atoms with Crippen LogP contribution in [0, 0.1) is 2.88 Å². The van der Waals surface area contributed by atoms with Gasteiger partial charge in [-0.2, -0.15) is 0 Å². The van der Waals surface area contributed by atoms with Gasteiger partial charge in [0.15, 0.2) is 0 Å². The SMILES string of the molecule is O=C(c1csc(I)c1)N(CC1CCCO1)CC1CCCO1. The summed E-state index contributed by atoms with van der Waals surface area (Å²) in [6.45, 7) is 3.02. The Kier molecular flexibility index (Phi) is 5.53. The molecular formula is C15H20INO3S. The van der Waals surface area contributed by atoms with Crippen molar-refractivity contribution in [2.45, 2.75) is 37.9 Å². The second kappa shape index (κ2) is 7.39. The summed E-state index contributed by atoms with van der Waals surface area (Å²) in [7, 11) is 0. The summed E-state index contributed by atoms with van der Waals surface area (Å²) in [5, 5.41) is 1.95. The van der Waals surface area contributed by atoms with Crippen molar-refractivity contribution in [3.05, 3.63) is 19.9 Å². The normalized spacial score (nSPS) is 25.4. The minimum atomic E-state index is 0.111. The van der Waals surface area contributed by atoms with Gasteiger partial charge in [0.25, 0.3) is 5.91 Å². The Morgan fingerprint density at radius 3 is 2.29 bits per heavy atom. The number of hydrogen-bond acceptors (Lipinski definition) is 4. The average Bonchev–Trinajstić information content (AvgIpc) is 3.19. The summed E-state index contributed by atoms with van der Waals surface area (Å²) >= 11 is 3.87. The van der Waals surface area contributed by atoms with Gasteiger partial charge in [-0.15, -0.1) is 11.3 Å². The number of amides is 1. The Hall–Kier alpha value is -0.180. The van der Waals surface area contributed by atoms with E-state index in [1.54, 1.807) is 11.3 Å². The highest BCUT2D eigenvalue weighted by molar-refractivity contribution is 14.1. The van der Waals surface area contributed by atoms with Crippen LogP contribution in [0.4, 0.5) is 0 Å². The second-order valence-corrected chi connectivity index (χ2v) is 8.43. The lowest BCUT2D eigenvalue weighted by Crippen LogP contribution is -2.41. The Labute approximate surface area is 142 Å². The van der Waals surface area contributed by atoms with E-state index in [4.69, 9.17) is 9.47 Å². The van der Waals surface area contributed by atoms with Crippen LogP contribution >= 0.6 is 33.9 Å². The van der Waals surface area contributed by atoms with Gasteiger partial charge in [-0.3, -0.25) is 4.79 Å². The van der Waals surface area contributed by atoms with E-state index < -0.39 is 0 Å². The zero-order chi connectivity index (χ0) is 14.7. The Morgan fingerprint density at radius 2 is 1.86 bits per heavy atom. The topological polar surface area (TPSA) is 38.8 Å². The molecule has 0 saturated carbocycles. The largest absolute Gasteiger partial charge is 0.376 e. The predicted octanol–water partition coefficient (Wildman–Crippen LogP) is 3.15. The lowest BCUT2D eigenvalue weighted by molar-refractivity contribution is 0.0308. The summed E-state index contributed by atoms with van der Waals surface area (Å²) in [5.74, 6) is 0.111. The molecule has 0 bridgehead atoms. The highest BCUT2D eigenvalue weighted by Gasteiger charge is 2.27. The zero-order valence-corrected chi connectivity index (χ0v) is 14.9. The van der Waals surface area contributed by atoms with Crippen molar-refractivity contribution < 1.29 is 14.3 Å². The number of halogens is 1. The smallest absolute Gasteiger partial charge is 0.254 e. The van der Waals surface area contributed by atoms with Gasteiger partial charge in [0.2, 0.25) is 0 Å². The molecule has 2 atom stereocenters. The van der Waals surface area contributed by atoms with Crippen LogP contribution in [0.15, 0.2) is 11.4 Å². The number of ether oxygens (including phenoxy) is 2. The summed E-state index contributed by atoms with van der Waals surface area (Å²) in [6.07, 6.45) is 4.68.